The molecule has 1 unspecified atom stereocenters. The molecular weight excluding hydrogens is 244 g/mol. The highest BCUT2D eigenvalue weighted by Crippen LogP contribution is 2.27. The first kappa shape index (κ1) is 17.0. The summed E-state index contributed by atoms with van der Waals surface area (Å²) in [5, 5.41) is 3.59. The van der Waals surface area contributed by atoms with Crippen molar-refractivity contribution >= 4 is 5.69 Å². The van der Waals surface area contributed by atoms with Crippen LogP contribution in [0.15, 0.2) is 18.2 Å². The maximum absolute atomic E-state index is 3.59. The van der Waals surface area contributed by atoms with E-state index in [4.69, 9.17) is 0 Å². The summed E-state index contributed by atoms with van der Waals surface area (Å²) in [7, 11) is 2.21. The lowest BCUT2D eigenvalue weighted by Gasteiger charge is -2.35. The van der Waals surface area contributed by atoms with Gasteiger partial charge in [0, 0.05) is 31.9 Å². The molecule has 1 rings (SSSR count). The smallest absolute Gasteiger partial charge is 0.0393 e. The second-order valence-corrected chi connectivity index (χ2v) is 6.85. The Hall–Kier alpha value is -1.02. The summed E-state index contributed by atoms with van der Waals surface area (Å²) >= 11 is 0. The van der Waals surface area contributed by atoms with E-state index >= 15 is 0 Å². The summed E-state index contributed by atoms with van der Waals surface area (Å²) in [6.07, 6.45) is 1.18. The number of rotatable bonds is 7. The number of anilines is 1. The van der Waals surface area contributed by atoms with Crippen LogP contribution >= 0.6 is 0 Å². The van der Waals surface area contributed by atoms with E-state index in [9.17, 15) is 0 Å². The third kappa shape index (κ3) is 4.82. The highest BCUT2D eigenvalue weighted by Gasteiger charge is 2.24. The Labute approximate surface area is 125 Å². The van der Waals surface area contributed by atoms with E-state index in [1.807, 2.05) is 0 Å². The molecule has 1 atom stereocenters. The van der Waals surface area contributed by atoms with Crippen LogP contribution in [-0.2, 0) is 0 Å². The van der Waals surface area contributed by atoms with Gasteiger partial charge >= 0.3 is 0 Å². The van der Waals surface area contributed by atoms with E-state index in [-0.39, 0.29) is 0 Å². The number of nitrogens with zero attached hydrogens (tertiary/aromatic N) is 1. The molecule has 1 aromatic carbocycles. The summed E-state index contributed by atoms with van der Waals surface area (Å²) in [6.45, 7) is 15.6. The van der Waals surface area contributed by atoms with Gasteiger partial charge in [-0.3, -0.25) is 0 Å². The van der Waals surface area contributed by atoms with Gasteiger partial charge in [-0.05, 0) is 37.3 Å². The van der Waals surface area contributed by atoms with Crippen molar-refractivity contribution < 1.29 is 0 Å². The Morgan fingerprint density at radius 1 is 1.25 bits per heavy atom. The number of nitrogens with one attached hydrogen (secondary N) is 1. The third-order valence-corrected chi connectivity index (χ3v) is 4.17. The van der Waals surface area contributed by atoms with Gasteiger partial charge in [-0.1, -0.05) is 45.4 Å². The van der Waals surface area contributed by atoms with E-state index in [2.05, 4.69) is 77.0 Å². The maximum Gasteiger partial charge on any atom is 0.0393 e. The molecule has 0 amide bonds. The number of hydrogen-bond acceptors (Lipinski definition) is 2. The van der Waals surface area contributed by atoms with Crippen molar-refractivity contribution in [1.29, 1.82) is 0 Å². The van der Waals surface area contributed by atoms with Crippen LogP contribution in [0.25, 0.3) is 0 Å². The fraction of sp³-hybridized carbons (Fsp3) is 0.667. The molecule has 0 aromatic heterocycles. The Kier molecular flexibility index (Phi) is 6.07. The van der Waals surface area contributed by atoms with E-state index in [1.165, 1.54) is 23.2 Å². The predicted octanol–water partition coefficient (Wildman–Crippen LogP) is 4.15. The second kappa shape index (κ2) is 7.12. The molecule has 2 heteroatoms. The lowest BCUT2D eigenvalue weighted by Crippen LogP contribution is -2.42. The fourth-order valence-electron chi connectivity index (χ4n) is 2.63. The Morgan fingerprint density at radius 2 is 1.90 bits per heavy atom. The van der Waals surface area contributed by atoms with Crippen molar-refractivity contribution in [1.82, 2.24) is 5.32 Å². The largest absolute Gasteiger partial charge is 0.374 e. The first-order valence-corrected chi connectivity index (χ1v) is 7.79. The first-order chi connectivity index (χ1) is 9.27. The number of benzene rings is 1. The molecule has 1 N–H and O–H groups in total. The Morgan fingerprint density at radius 3 is 2.40 bits per heavy atom. The fourth-order valence-corrected chi connectivity index (χ4v) is 2.63. The summed E-state index contributed by atoms with van der Waals surface area (Å²) in [5.74, 6) is 0. The summed E-state index contributed by atoms with van der Waals surface area (Å²) < 4.78 is 0. The molecule has 0 heterocycles. The molecule has 0 spiro atoms. The first-order valence-electron chi connectivity index (χ1n) is 7.79. The van der Waals surface area contributed by atoms with Gasteiger partial charge in [0.05, 0.1) is 0 Å². The van der Waals surface area contributed by atoms with Gasteiger partial charge in [-0.15, -0.1) is 0 Å². The second-order valence-electron chi connectivity index (χ2n) is 6.85. The van der Waals surface area contributed by atoms with Crippen LogP contribution in [-0.4, -0.2) is 26.2 Å². The van der Waals surface area contributed by atoms with Crippen LogP contribution in [0, 0.1) is 19.3 Å². The van der Waals surface area contributed by atoms with Crippen molar-refractivity contribution in [3.63, 3.8) is 0 Å². The van der Waals surface area contributed by atoms with Crippen LogP contribution in [0.3, 0.4) is 0 Å². The summed E-state index contributed by atoms with van der Waals surface area (Å²) in [6, 6.07) is 7.26. The molecule has 0 radical (unpaired) electrons. The molecule has 20 heavy (non-hydrogen) atoms. The van der Waals surface area contributed by atoms with Crippen LogP contribution in [0.1, 0.15) is 45.2 Å². The lowest BCUT2D eigenvalue weighted by molar-refractivity contribution is 0.289. The van der Waals surface area contributed by atoms with Crippen molar-refractivity contribution in [3.05, 3.63) is 29.3 Å². The molecule has 0 aliphatic heterocycles. The van der Waals surface area contributed by atoms with Crippen LogP contribution < -0.4 is 10.2 Å². The normalized spacial score (nSPS) is 14.4. The quantitative estimate of drug-likeness (QED) is 0.804. The van der Waals surface area contributed by atoms with E-state index in [0.717, 1.165) is 13.1 Å². The highest BCUT2D eigenvalue weighted by atomic mass is 15.1. The molecule has 0 aliphatic carbocycles. The van der Waals surface area contributed by atoms with Gasteiger partial charge in [0.15, 0.2) is 0 Å². The number of aryl methyl sites for hydroxylation is 2. The van der Waals surface area contributed by atoms with Crippen molar-refractivity contribution in [2.75, 3.05) is 25.0 Å². The lowest BCUT2D eigenvalue weighted by atomic mass is 9.86. The Bertz CT molecular complexity index is 425. The van der Waals surface area contributed by atoms with E-state index in [1.54, 1.807) is 0 Å². The van der Waals surface area contributed by atoms with Crippen LogP contribution in [0.4, 0.5) is 5.69 Å². The topological polar surface area (TPSA) is 15.3 Å². The zero-order chi connectivity index (χ0) is 15.3. The highest BCUT2D eigenvalue weighted by molar-refractivity contribution is 5.53. The van der Waals surface area contributed by atoms with Crippen molar-refractivity contribution in [3.8, 4) is 0 Å². The molecule has 0 saturated carbocycles. The zero-order valence-corrected chi connectivity index (χ0v) is 14.4. The average Bonchev–Trinajstić information content (AvgIpc) is 2.36. The standard InChI is InChI=1S/C18H32N2/c1-8-18(6,12-19-14(2)3)13-20(7)17-10-9-15(4)11-16(17)5/h9-11,14,19H,8,12-13H2,1-7H3. The maximum atomic E-state index is 3.59. The number of hydrogen-bond donors (Lipinski definition) is 1. The van der Waals surface area contributed by atoms with Crippen LogP contribution in [0.2, 0.25) is 0 Å². The Balaban J connectivity index is 2.78. The molecule has 0 aliphatic rings. The monoisotopic (exact) mass is 276 g/mol. The molecule has 0 fully saturated rings. The minimum absolute atomic E-state index is 0.302. The molecule has 0 bridgehead atoms. The minimum atomic E-state index is 0.302. The molecule has 2 nitrogen and oxygen atoms in total. The zero-order valence-electron chi connectivity index (χ0n) is 14.4. The van der Waals surface area contributed by atoms with Gasteiger partial charge in [0.1, 0.15) is 0 Å². The van der Waals surface area contributed by atoms with Gasteiger partial charge in [-0.2, -0.15) is 0 Å². The summed E-state index contributed by atoms with van der Waals surface area (Å²) in [4.78, 5) is 2.40. The summed E-state index contributed by atoms with van der Waals surface area (Å²) in [5.41, 5.74) is 4.35. The third-order valence-electron chi connectivity index (χ3n) is 4.17. The van der Waals surface area contributed by atoms with Crippen LogP contribution in [0.5, 0.6) is 0 Å². The van der Waals surface area contributed by atoms with Gasteiger partial charge in [-0.25, -0.2) is 0 Å². The molecular formula is C18H32N2. The van der Waals surface area contributed by atoms with Crippen molar-refractivity contribution in [2.45, 2.75) is 54.0 Å². The SMILES string of the molecule is CCC(C)(CNC(C)C)CN(C)c1ccc(C)cc1C. The molecule has 1 aromatic rings. The predicted molar refractivity (Wildman–Crippen MR) is 90.7 cm³/mol. The van der Waals surface area contributed by atoms with Gasteiger partial charge in [0.25, 0.3) is 0 Å². The van der Waals surface area contributed by atoms with E-state index < -0.39 is 0 Å². The van der Waals surface area contributed by atoms with Gasteiger partial charge < -0.3 is 10.2 Å². The molecule has 114 valence electrons. The minimum Gasteiger partial charge on any atom is -0.374 e. The van der Waals surface area contributed by atoms with E-state index in [0.29, 0.717) is 11.5 Å². The van der Waals surface area contributed by atoms with Crippen molar-refractivity contribution in [2.24, 2.45) is 5.41 Å². The van der Waals surface area contributed by atoms with Gasteiger partial charge in [0.2, 0.25) is 0 Å². The molecule has 0 saturated heterocycles. The average molecular weight is 276 g/mol.